The Morgan fingerprint density at radius 3 is 2.53 bits per heavy atom. The van der Waals surface area contributed by atoms with Gasteiger partial charge < -0.3 is 9.84 Å². The van der Waals surface area contributed by atoms with Crippen molar-refractivity contribution >= 4 is 31.3 Å². The van der Waals surface area contributed by atoms with E-state index < -0.39 is 14.8 Å². The number of benzene rings is 1. The van der Waals surface area contributed by atoms with E-state index in [-0.39, 0.29) is 22.1 Å². The van der Waals surface area contributed by atoms with Crippen molar-refractivity contribution in [1.29, 1.82) is 0 Å². The Morgan fingerprint density at radius 2 is 2.07 bits per heavy atom. The average Bonchev–Trinajstić information content (AvgIpc) is 2.10. The minimum absolute atomic E-state index is 0.0201. The summed E-state index contributed by atoms with van der Waals surface area (Å²) in [5.74, 6) is -0.702. The van der Waals surface area contributed by atoms with E-state index in [0.29, 0.717) is 0 Å². The molecular formula is C8H8Cl2O4S. The summed E-state index contributed by atoms with van der Waals surface area (Å²) in [7, 11) is 2.69. The van der Waals surface area contributed by atoms with E-state index in [9.17, 15) is 13.5 Å². The van der Waals surface area contributed by atoms with Crippen LogP contribution in [0.25, 0.3) is 0 Å². The highest BCUT2D eigenvalue weighted by Crippen LogP contribution is 2.37. The van der Waals surface area contributed by atoms with Gasteiger partial charge in [-0.1, -0.05) is 17.7 Å². The monoisotopic (exact) mass is 270 g/mol. The third-order valence-electron chi connectivity index (χ3n) is 1.70. The summed E-state index contributed by atoms with van der Waals surface area (Å²) < 4.78 is 26.6. The number of halogens is 2. The fourth-order valence-corrected chi connectivity index (χ4v) is 2.22. The predicted molar refractivity (Wildman–Crippen MR) is 58.1 cm³/mol. The van der Waals surface area contributed by atoms with Gasteiger partial charge in [0, 0.05) is 16.2 Å². The van der Waals surface area contributed by atoms with E-state index in [1.54, 1.807) is 0 Å². The Labute approximate surface area is 96.8 Å². The van der Waals surface area contributed by atoms with Gasteiger partial charge in [-0.3, -0.25) is 0 Å². The maximum atomic E-state index is 10.9. The van der Waals surface area contributed by atoms with Crippen LogP contribution in [0.3, 0.4) is 0 Å². The first kappa shape index (κ1) is 12.4. The summed E-state index contributed by atoms with van der Waals surface area (Å²) in [6.07, 6.45) is 0. The van der Waals surface area contributed by atoms with Crippen LogP contribution in [0.2, 0.25) is 5.02 Å². The molecule has 1 aromatic rings. The van der Waals surface area contributed by atoms with E-state index in [4.69, 9.17) is 27.0 Å². The minimum atomic E-state index is -3.70. The molecule has 0 aliphatic heterocycles. The van der Waals surface area contributed by atoms with Crippen LogP contribution < -0.4 is 4.74 Å². The van der Waals surface area contributed by atoms with Crippen LogP contribution in [-0.4, -0.2) is 20.6 Å². The summed E-state index contributed by atoms with van der Waals surface area (Å²) in [5.41, 5.74) is 0.259. The lowest BCUT2D eigenvalue weighted by atomic mass is 10.2. The molecule has 1 N–H and O–H groups in total. The molecule has 0 saturated heterocycles. The smallest absolute Gasteiger partial charge is 0.236 e. The molecule has 0 spiro atoms. The van der Waals surface area contributed by atoms with Crippen molar-refractivity contribution in [2.75, 3.05) is 7.11 Å². The Balaban J connectivity index is 3.25. The Bertz CT molecular complexity index is 470. The van der Waals surface area contributed by atoms with E-state index in [1.807, 2.05) is 0 Å². The van der Waals surface area contributed by atoms with Gasteiger partial charge in [-0.25, -0.2) is 8.42 Å². The molecule has 0 atom stereocenters. The van der Waals surface area contributed by atoms with Gasteiger partial charge in [-0.15, -0.1) is 0 Å². The number of methoxy groups -OCH3 is 1. The quantitative estimate of drug-likeness (QED) is 0.855. The maximum absolute atomic E-state index is 10.9. The van der Waals surface area contributed by atoms with Crippen molar-refractivity contribution in [3.63, 3.8) is 0 Å². The molecule has 1 aromatic carbocycles. The minimum Gasteiger partial charge on any atom is -0.503 e. The van der Waals surface area contributed by atoms with Crippen LogP contribution in [-0.2, 0) is 14.8 Å². The average molecular weight is 271 g/mol. The van der Waals surface area contributed by atoms with Crippen LogP contribution in [0.4, 0.5) is 0 Å². The second-order valence-corrected chi connectivity index (χ2v) is 5.96. The second kappa shape index (κ2) is 4.47. The van der Waals surface area contributed by atoms with Crippen LogP contribution in [0.5, 0.6) is 11.5 Å². The van der Waals surface area contributed by atoms with Gasteiger partial charge in [0.2, 0.25) is 9.05 Å². The fraction of sp³-hybridized carbons (Fsp3) is 0.250. The van der Waals surface area contributed by atoms with Gasteiger partial charge in [-0.05, 0) is 6.07 Å². The number of rotatable bonds is 3. The summed E-state index contributed by atoms with van der Waals surface area (Å²) in [6, 6.07) is 2.80. The second-order valence-electron chi connectivity index (χ2n) is 2.77. The van der Waals surface area contributed by atoms with E-state index in [0.717, 1.165) is 0 Å². The topological polar surface area (TPSA) is 63.6 Å². The van der Waals surface area contributed by atoms with Crippen molar-refractivity contribution < 1.29 is 18.3 Å². The first-order valence-electron chi connectivity index (χ1n) is 3.82. The molecule has 0 fully saturated rings. The van der Waals surface area contributed by atoms with E-state index >= 15 is 0 Å². The summed E-state index contributed by atoms with van der Waals surface area (Å²) in [5, 5.41) is 9.57. The van der Waals surface area contributed by atoms with Gasteiger partial charge in [0.15, 0.2) is 11.5 Å². The van der Waals surface area contributed by atoms with Gasteiger partial charge in [-0.2, -0.15) is 0 Å². The number of aromatic hydroxyl groups is 1. The highest BCUT2D eigenvalue weighted by atomic mass is 35.7. The molecule has 0 heterocycles. The Kier molecular flexibility index (Phi) is 3.70. The first-order valence-corrected chi connectivity index (χ1v) is 6.67. The lowest BCUT2D eigenvalue weighted by Crippen LogP contribution is -1.98. The third kappa shape index (κ3) is 3.15. The molecule has 15 heavy (non-hydrogen) atoms. The van der Waals surface area contributed by atoms with Gasteiger partial charge in [0.05, 0.1) is 17.9 Å². The predicted octanol–water partition coefficient (Wildman–Crippen LogP) is 2.12. The van der Waals surface area contributed by atoms with Gasteiger partial charge in [0.25, 0.3) is 0 Å². The number of hydrogen-bond donors (Lipinski definition) is 1. The third-order valence-corrected chi connectivity index (χ3v) is 2.98. The normalized spacial score (nSPS) is 11.4. The SMILES string of the molecule is COc1c(CS(=O)(=O)Cl)ccc(Cl)c1O. The molecule has 84 valence electrons. The maximum Gasteiger partial charge on any atom is 0.236 e. The standard InChI is InChI=1S/C8H8Cl2O4S/c1-14-8-5(4-15(10,12)13)2-3-6(9)7(8)11/h2-3,11H,4H2,1H3. The summed E-state index contributed by atoms with van der Waals surface area (Å²) in [6.45, 7) is 0. The zero-order valence-electron chi connectivity index (χ0n) is 7.70. The van der Waals surface area contributed by atoms with E-state index in [1.165, 1.54) is 19.2 Å². The molecule has 4 nitrogen and oxygen atoms in total. The molecule has 0 aromatic heterocycles. The van der Waals surface area contributed by atoms with Crippen LogP contribution in [0.15, 0.2) is 12.1 Å². The lowest BCUT2D eigenvalue weighted by Gasteiger charge is -2.09. The molecule has 0 aliphatic carbocycles. The van der Waals surface area contributed by atoms with E-state index in [2.05, 4.69) is 0 Å². The van der Waals surface area contributed by atoms with Crippen molar-refractivity contribution in [2.45, 2.75) is 5.75 Å². The molecule has 0 saturated carbocycles. The molecule has 0 bridgehead atoms. The molecule has 1 rings (SSSR count). The number of phenolic OH excluding ortho intramolecular Hbond substituents is 1. The molecule has 0 unspecified atom stereocenters. The first-order chi connectivity index (χ1) is 6.85. The molecule has 7 heteroatoms. The zero-order chi connectivity index (χ0) is 11.6. The number of hydrogen-bond acceptors (Lipinski definition) is 4. The lowest BCUT2D eigenvalue weighted by molar-refractivity contribution is 0.370. The van der Waals surface area contributed by atoms with Crippen molar-refractivity contribution in [3.05, 3.63) is 22.7 Å². The molecular weight excluding hydrogens is 263 g/mol. The largest absolute Gasteiger partial charge is 0.503 e. The van der Waals surface area contributed by atoms with Crippen LogP contribution >= 0.6 is 22.3 Å². The highest BCUT2D eigenvalue weighted by molar-refractivity contribution is 8.13. The van der Waals surface area contributed by atoms with Crippen LogP contribution in [0, 0.1) is 0 Å². The number of ether oxygens (including phenoxy) is 1. The number of phenols is 1. The molecule has 0 radical (unpaired) electrons. The van der Waals surface area contributed by atoms with Gasteiger partial charge in [0.1, 0.15) is 0 Å². The highest BCUT2D eigenvalue weighted by Gasteiger charge is 2.16. The van der Waals surface area contributed by atoms with Crippen molar-refractivity contribution in [2.24, 2.45) is 0 Å². The zero-order valence-corrected chi connectivity index (χ0v) is 10.0. The Morgan fingerprint density at radius 1 is 1.47 bits per heavy atom. The molecule has 0 aliphatic rings. The summed E-state index contributed by atoms with van der Waals surface area (Å²) >= 11 is 5.62. The Hall–Kier alpha value is -0.650. The van der Waals surface area contributed by atoms with Crippen molar-refractivity contribution in [1.82, 2.24) is 0 Å². The molecule has 0 amide bonds. The summed E-state index contributed by atoms with van der Waals surface area (Å²) in [4.78, 5) is 0. The van der Waals surface area contributed by atoms with Gasteiger partial charge >= 0.3 is 0 Å². The van der Waals surface area contributed by atoms with Crippen LogP contribution in [0.1, 0.15) is 5.56 Å². The fourth-order valence-electron chi connectivity index (χ4n) is 1.12. The van der Waals surface area contributed by atoms with Crippen molar-refractivity contribution in [3.8, 4) is 11.5 Å².